The van der Waals surface area contributed by atoms with Crippen molar-refractivity contribution in [1.82, 2.24) is 0 Å². The summed E-state index contributed by atoms with van der Waals surface area (Å²) in [5, 5.41) is 0. The largest absolute Gasteiger partial charge is 0.299 e. The van der Waals surface area contributed by atoms with Gasteiger partial charge in [-0.2, -0.15) is 0 Å². The Balaban J connectivity index is 3.15. The van der Waals surface area contributed by atoms with Crippen LogP contribution in [0, 0.1) is 0 Å². The number of unbranched alkanes of at least 4 members (excludes halogenated alkanes) is 3. The molecule has 0 rings (SSSR count). The molecule has 0 aromatic carbocycles. The molecule has 62 valence electrons. The molecule has 0 bridgehead atoms. The maximum Gasteiger partial charge on any atom is 0.142 e. The van der Waals surface area contributed by atoms with E-state index < -0.39 is 0 Å². The van der Waals surface area contributed by atoms with Gasteiger partial charge in [-0.15, -0.1) is 0 Å². The molecular formula is C10H16O. The van der Waals surface area contributed by atoms with Gasteiger partial charge in [-0.3, -0.25) is 4.79 Å². The van der Waals surface area contributed by atoms with E-state index in [4.69, 9.17) is 0 Å². The van der Waals surface area contributed by atoms with Crippen molar-refractivity contribution in [2.24, 2.45) is 0 Å². The zero-order chi connectivity index (χ0) is 8.36. The summed E-state index contributed by atoms with van der Waals surface area (Å²) in [5.74, 6) is 0. The quantitative estimate of drug-likeness (QED) is 0.247. The first-order valence-corrected chi connectivity index (χ1v) is 4.18. The van der Waals surface area contributed by atoms with Crippen LogP contribution in [0.25, 0.3) is 0 Å². The van der Waals surface area contributed by atoms with Crippen LogP contribution in [-0.4, -0.2) is 6.29 Å². The van der Waals surface area contributed by atoms with E-state index in [2.05, 4.69) is 13.0 Å². The fraction of sp³-hybridized carbons (Fsp3) is 0.500. The predicted octanol–water partition coefficient (Wildman–Crippen LogP) is 2.88. The van der Waals surface area contributed by atoms with Crippen LogP contribution in [0.3, 0.4) is 0 Å². The Bertz CT molecular complexity index is 134. The van der Waals surface area contributed by atoms with E-state index in [1.807, 2.05) is 6.08 Å². The van der Waals surface area contributed by atoms with Crippen molar-refractivity contribution in [2.75, 3.05) is 0 Å². The van der Waals surface area contributed by atoms with Gasteiger partial charge in [0.2, 0.25) is 0 Å². The highest BCUT2D eigenvalue weighted by molar-refractivity contribution is 5.65. The number of carbonyl (C=O) groups is 1. The van der Waals surface area contributed by atoms with Gasteiger partial charge >= 0.3 is 0 Å². The van der Waals surface area contributed by atoms with Crippen LogP contribution >= 0.6 is 0 Å². The topological polar surface area (TPSA) is 17.1 Å². The normalized spacial score (nSPS) is 11.4. The number of hydrogen-bond acceptors (Lipinski definition) is 1. The maximum atomic E-state index is 9.82. The van der Waals surface area contributed by atoms with E-state index in [0.717, 1.165) is 12.7 Å². The van der Waals surface area contributed by atoms with Gasteiger partial charge in [0.05, 0.1) is 0 Å². The van der Waals surface area contributed by atoms with Crippen LogP contribution in [0.5, 0.6) is 0 Å². The van der Waals surface area contributed by atoms with Crippen LogP contribution in [-0.2, 0) is 4.79 Å². The van der Waals surface area contributed by atoms with E-state index in [9.17, 15) is 4.79 Å². The van der Waals surface area contributed by atoms with Crippen molar-refractivity contribution in [3.8, 4) is 0 Å². The van der Waals surface area contributed by atoms with Gasteiger partial charge in [0, 0.05) is 0 Å². The average molecular weight is 152 g/mol. The van der Waals surface area contributed by atoms with Gasteiger partial charge in [0.1, 0.15) is 6.29 Å². The molecule has 1 heteroatoms. The minimum atomic E-state index is 0.788. The van der Waals surface area contributed by atoms with E-state index in [-0.39, 0.29) is 0 Å². The molecule has 0 aliphatic rings. The summed E-state index contributed by atoms with van der Waals surface area (Å²) in [6.45, 7) is 2.19. The summed E-state index contributed by atoms with van der Waals surface area (Å²) >= 11 is 0. The third-order valence-corrected chi connectivity index (χ3v) is 1.41. The Hall–Kier alpha value is -0.850. The highest BCUT2D eigenvalue weighted by Gasteiger charge is 1.79. The lowest BCUT2D eigenvalue weighted by Gasteiger charge is -1.89. The van der Waals surface area contributed by atoms with Gasteiger partial charge in [-0.05, 0) is 18.9 Å². The molecule has 0 fully saturated rings. The molecule has 0 amide bonds. The molecule has 0 radical (unpaired) electrons. The second-order valence-corrected chi connectivity index (χ2v) is 2.44. The summed E-state index contributed by atoms with van der Waals surface area (Å²) in [5.41, 5.74) is 0. The summed E-state index contributed by atoms with van der Waals surface area (Å²) in [6.07, 6.45) is 13.0. The van der Waals surface area contributed by atoms with Crippen LogP contribution in [0.4, 0.5) is 0 Å². The molecule has 0 aromatic rings. The predicted molar refractivity (Wildman–Crippen MR) is 48.5 cm³/mol. The number of aldehydes is 1. The molecule has 1 nitrogen and oxygen atoms in total. The monoisotopic (exact) mass is 152 g/mol. The minimum absolute atomic E-state index is 0.788. The number of hydrogen-bond donors (Lipinski definition) is 0. The fourth-order valence-electron chi connectivity index (χ4n) is 0.796. The summed E-state index contributed by atoms with van der Waals surface area (Å²) in [6, 6.07) is 0. The van der Waals surface area contributed by atoms with Crippen molar-refractivity contribution in [3.05, 3.63) is 24.3 Å². The van der Waals surface area contributed by atoms with E-state index >= 15 is 0 Å². The van der Waals surface area contributed by atoms with Crippen LogP contribution < -0.4 is 0 Å². The fourth-order valence-corrected chi connectivity index (χ4v) is 0.796. The molecule has 0 aromatic heterocycles. The van der Waals surface area contributed by atoms with E-state index in [1.54, 1.807) is 6.08 Å². The van der Waals surface area contributed by atoms with Crippen LogP contribution in [0.15, 0.2) is 24.3 Å². The Morgan fingerprint density at radius 1 is 1.09 bits per heavy atom. The first-order chi connectivity index (χ1) is 5.41. The third-order valence-electron chi connectivity index (χ3n) is 1.41. The smallest absolute Gasteiger partial charge is 0.142 e. The van der Waals surface area contributed by atoms with Gasteiger partial charge in [-0.25, -0.2) is 0 Å². The first kappa shape index (κ1) is 10.2. The Labute approximate surface area is 68.8 Å². The van der Waals surface area contributed by atoms with Gasteiger partial charge in [-0.1, -0.05) is 38.0 Å². The van der Waals surface area contributed by atoms with Crippen molar-refractivity contribution < 1.29 is 4.79 Å². The van der Waals surface area contributed by atoms with Gasteiger partial charge in [0.15, 0.2) is 0 Å². The van der Waals surface area contributed by atoms with Crippen LogP contribution in [0.1, 0.15) is 32.6 Å². The highest BCUT2D eigenvalue weighted by Crippen LogP contribution is 1.99. The molecule has 0 spiro atoms. The average Bonchev–Trinajstić information content (AvgIpc) is 2.03. The highest BCUT2D eigenvalue weighted by atomic mass is 16.1. The summed E-state index contributed by atoms with van der Waals surface area (Å²) in [4.78, 5) is 9.82. The molecule has 11 heavy (non-hydrogen) atoms. The minimum Gasteiger partial charge on any atom is -0.299 e. The molecule has 0 atom stereocenters. The Kier molecular flexibility index (Phi) is 8.44. The molecule has 0 unspecified atom stereocenters. The molecule has 0 aliphatic carbocycles. The number of rotatable bonds is 6. The maximum absolute atomic E-state index is 9.82. The lowest BCUT2D eigenvalue weighted by Crippen LogP contribution is -1.69. The lowest BCUT2D eigenvalue weighted by atomic mass is 10.2. The second kappa shape index (κ2) is 9.15. The molecule has 0 N–H and O–H groups in total. The lowest BCUT2D eigenvalue weighted by molar-refractivity contribution is -0.104. The molecule has 0 saturated heterocycles. The molecular weight excluding hydrogens is 136 g/mol. The van der Waals surface area contributed by atoms with Crippen molar-refractivity contribution in [1.29, 1.82) is 0 Å². The number of carbonyl (C=O) groups excluding carboxylic acids is 1. The molecule has 0 heterocycles. The summed E-state index contributed by atoms with van der Waals surface area (Å²) < 4.78 is 0. The van der Waals surface area contributed by atoms with Gasteiger partial charge < -0.3 is 0 Å². The standard InChI is InChI=1S/C10H16O/c1-2-3-4-5-6-7-8-9-10-11/h6-10H,2-5H2,1H3/b7-6-,9-8-. The first-order valence-electron chi connectivity index (χ1n) is 4.18. The molecule has 0 saturated carbocycles. The second-order valence-electron chi connectivity index (χ2n) is 2.44. The van der Waals surface area contributed by atoms with E-state index in [0.29, 0.717) is 0 Å². The van der Waals surface area contributed by atoms with Crippen LogP contribution in [0.2, 0.25) is 0 Å². The van der Waals surface area contributed by atoms with Crippen molar-refractivity contribution >= 4 is 6.29 Å². The van der Waals surface area contributed by atoms with Crippen molar-refractivity contribution in [2.45, 2.75) is 32.6 Å². The Morgan fingerprint density at radius 3 is 2.55 bits per heavy atom. The zero-order valence-corrected chi connectivity index (χ0v) is 7.12. The summed E-state index contributed by atoms with van der Waals surface area (Å²) in [7, 11) is 0. The Morgan fingerprint density at radius 2 is 1.91 bits per heavy atom. The number of allylic oxidation sites excluding steroid dienone is 4. The van der Waals surface area contributed by atoms with E-state index in [1.165, 1.54) is 25.3 Å². The zero-order valence-electron chi connectivity index (χ0n) is 7.12. The SMILES string of the molecule is CCCCC/C=C\C=C/C=O. The van der Waals surface area contributed by atoms with Crippen molar-refractivity contribution in [3.63, 3.8) is 0 Å². The molecule has 0 aliphatic heterocycles. The third kappa shape index (κ3) is 9.15. The van der Waals surface area contributed by atoms with Gasteiger partial charge in [0.25, 0.3) is 0 Å².